The molecule has 4 nitrogen and oxygen atoms in total. The molecule has 1 fully saturated rings. The van der Waals surface area contributed by atoms with Crippen molar-refractivity contribution in [3.8, 4) is 28.3 Å². The fourth-order valence-electron chi connectivity index (χ4n) is 3.91. The van der Waals surface area contributed by atoms with Gasteiger partial charge in [-0.2, -0.15) is 5.10 Å². The van der Waals surface area contributed by atoms with Crippen molar-refractivity contribution in [1.29, 1.82) is 0 Å². The van der Waals surface area contributed by atoms with E-state index in [9.17, 15) is 5.11 Å². The molecule has 3 aromatic rings. The Labute approximate surface area is 161 Å². The van der Waals surface area contributed by atoms with Crippen molar-refractivity contribution >= 4 is 0 Å². The smallest absolute Gasteiger partial charge is 0.169 e. The van der Waals surface area contributed by atoms with Crippen molar-refractivity contribution in [2.24, 2.45) is 0 Å². The Morgan fingerprint density at radius 1 is 0.778 bits per heavy atom. The number of aromatic nitrogens is 2. The first-order chi connectivity index (χ1) is 13.3. The normalized spacial score (nSPS) is 15.1. The molecule has 1 aliphatic rings. The number of piperidine rings is 1. The molecular formula is C23H27N3O. The topological polar surface area (TPSA) is 41.3 Å². The molecule has 0 bridgehead atoms. The molecule has 2 aromatic carbocycles. The number of aromatic hydroxyl groups is 1. The summed E-state index contributed by atoms with van der Waals surface area (Å²) >= 11 is 0. The largest absolute Gasteiger partial charge is 0.504 e. The number of likely N-dealkylation sites (tertiary alicyclic amines) is 1. The molecule has 0 atom stereocenters. The van der Waals surface area contributed by atoms with Crippen LogP contribution in [0.2, 0.25) is 0 Å². The Morgan fingerprint density at radius 2 is 1.41 bits per heavy atom. The Bertz CT molecular complexity index is 852. The molecule has 27 heavy (non-hydrogen) atoms. The lowest BCUT2D eigenvalue weighted by Crippen LogP contribution is -2.31. The maximum Gasteiger partial charge on any atom is 0.169 e. The fourth-order valence-corrected chi connectivity index (χ4v) is 3.91. The number of hydrogen-bond donors (Lipinski definition) is 1. The van der Waals surface area contributed by atoms with Gasteiger partial charge >= 0.3 is 0 Å². The highest BCUT2D eigenvalue weighted by atomic mass is 16.3. The predicted molar refractivity (Wildman–Crippen MR) is 110 cm³/mol. The van der Waals surface area contributed by atoms with Crippen molar-refractivity contribution in [2.45, 2.75) is 32.2 Å². The van der Waals surface area contributed by atoms with E-state index in [2.05, 4.69) is 4.90 Å². The zero-order valence-electron chi connectivity index (χ0n) is 15.7. The lowest BCUT2D eigenvalue weighted by molar-refractivity contribution is 0.222. The summed E-state index contributed by atoms with van der Waals surface area (Å²) < 4.78 is 1.98. The summed E-state index contributed by atoms with van der Waals surface area (Å²) in [5.41, 5.74) is 3.42. The third-order valence-electron chi connectivity index (χ3n) is 5.31. The van der Waals surface area contributed by atoms with Crippen LogP contribution in [0, 0.1) is 0 Å². The number of aryl methyl sites for hydroxylation is 1. The third-order valence-corrected chi connectivity index (χ3v) is 5.31. The summed E-state index contributed by atoms with van der Waals surface area (Å²) in [4.78, 5) is 2.55. The standard InChI is InChI=1S/C23H27N3O/c27-23-21(19-11-4-1-5-12-19)24-26(22(23)20-13-6-2-7-14-20)18-10-17-25-15-8-3-9-16-25/h1-2,4-7,11-14,27H,3,8-10,15-18H2. The zero-order valence-corrected chi connectivity index (χ0v) is 15.7. The third kappa shape index (κ3) is 4.06. The van der Waals surface area contributed by atoms with Crippen molar-refractivity contribution in [3.05, 3.63) is 60.7 Å². The summed E-state index contributed by atoms with van der Waals surface area (Å²) in [6.45, 7) is 4.33. The molecular weight excluding hydrogens is 334 g/mol. The van der Waals surface area contributed by atoms with E-state index in [4.69, 9.17) is 5.10 Å². The first-order valence-corrected chi connectivity index (χ1v) is 9.96. The molecule has 0 unspecified atom stereocenters. The van der Waals surface area contributed by atoms with E-state index in [1.165, 1.54) is 32.4 Å². The highest BCUT2D eigenvalue weighted by Gasteiger charge is 2.20. The van der Waals surface area contributed by atoms with E-state index >= 15 is 0 Å². The highest BCUT2D eigenvalue weighted by Crippen LogP contribution is 2.37. The van der Waals surface area contributed by atoms with Gasteiger partial charge < -0.3 is 10.0 Å². The second-order valence-corrected chi connectivity index (χ2v) is 7.26. The minimum atomic E-state index is 0.269. The summed E-state index contributed by atoms with van der Waals surface area (Å²) in [6.07, 6.45) is 5.03. The van der Waals surface area contributed by atoms with Crippen LogP contribution in [0.25, 0.3) is 22.5 Å². The van der Waals surface area contributed by atoms with E-state index in [-0.39, 0.29) is 5.75 Å². The fraction of sp³-hybridized carbons (Fsp3) is 0.348. The van der Waals surface area contributed by atoms with Gasteiger partial charge in [-0.05, 0) is 38.9 Å². The first kappa shape index (κ1) is 17.8. The van der Waals surface area contributed by atoms with E-state index in [0.717, 1.165) is 36.3 Å². The van der Waals surface area contributed by atoms with E-state index in [0.29, 0.717) is 5.69 Å². The minimum absolute atomic E-state index is 0.269. The van der Waals surface area contributed by atoms with Gasteiger partial charge in [0.25, 0.3) is 0 Å². The van der Waals surface area contributed by atoms with Crippen molar-refractivity contribution in [1.82, 2.24) is 14.7 Å². The van der Waals surface area contributed by atoms with Crippen molar-refractivity contribution < 1.29 is 5.11 Å². The lowest BCUT2D eigenvalue weighted by Gasteiger charge is -2.26. The van der Waals surface area contributed by atoms with Gasteiger partial charge in [0.05, 0.1) is 0 Å². The summed E-state index contributed by atoms with van der Waals surface area (Å²) in [6, 6.07) is 20.0. The molecule has 4 heteroatoms. The number of benzene rings is 2. The summed E-state index contributed by atoms with van der Waals surface area (Å²) in [7, 11) is 0. The van der Waals surface area contributed by atoms with Gasteiger partial charge in [0.1, 0.15) is 11.4 Å². The molecule has 1 aromatic heterocycles. The zero-order chi connectivity index (χ0) is 18.5. The second kappa shape index (κ2) is 8.40. The van der Waals surface area contributed by atoms with Gasteiger partial charge in [0.2, 0.25) is 0 Å². The Hall–Kier alpha value is -2.59. The molecule has 0 amide bonds. The minimum Gasteiger partial charge on any atom is -0.504 e. The van der Waals surface area contributed by atoms with E-state index in [1.54, 1.807) is 0 Å². The Kier molecular flexibility index (Phi) is 5.54. The summed E-state index contributed by atoms with van der Waals surface area (Å²) in [5.74, 6) is 0.269. The van der Waals surface area contributed by atoms with Gasteiger partial charge in [-0.25, -0.2) is 0 Å². The SMILES string of the molecule is Oc1c(-c2ccccc2)nn(CCCN2CCCCC2)c1-c1ccccc1. The van der Waals surface area contributed by atoms with Crippen molar-refractivity contribution in [2.75, 3.05) is 19.6 Å². The molecule has 4 rings (SSSR count). The van der Waals surface area contributed by atoms with Crippen LogP contribution in [0.15, 0.2) is 60.7 Å². The van der Waals surface area contributed by atoms with Gasteiger partial charge in [-0.3, -0.25) is 4.68 Å². The lowest BCUT2D eigenvalue weighted by atomic mass is 10.1. The van der Waals surface area contributed by atoms with Crippen LogP contribution >= 0.6 is 0 Å². The van der Waals surface area contributed by atoms with Gasteiger partial charge in [0.15, 0.2) is 5.75 Å². The average Bonchev–Trinajstić information content (AvgIpc) is 3.06. The molecule has 140 valence electrons. The van der Waals surface area contributed by atoms with Crippen LogP contribution in [0.5, 0.6) is 5.75 Å². The van der Waals surface area contributed by atoms with Crippen LogP contribution in [0.4, 0.5) is 0 Å². The molecule has 1 saturated heterocycles. The molecule has 0 spiro atoms. The quantitative estimate of drug-likeness (QED) is 0.686. The molecule has 0 aliphatic carbocycles. The number of rotatable bonds is 6. The first-order valence-electron chi connectivity index (χ1n) is 9.96. The van der Waals surface area contributed by atoms with Gasteiger partial charge in [-0.15, -0.1) is 0 Å². The average molecular weight is 361 g/mol. The Balaban J connectivity index is 1.60. The van der Waals surface area contributed by atoms with Gasteiger partial charge in [-0.1, -0.05) is 67.1 Å². The molecule has 1 aliphatic heterocycles. The monoisotopic (exact) mass is 361 g/mol. The molecule has 0 saturated carbocycles. The van der Waals surface area contributed by atoms with Crippen LogP contribution < -0.4 is 0 Å². The number of hydrogen-bond acceptors (Lipinski definition) is 3. The Morgan fingerprint density at radius 3 is 2.07 bits per heavy atom. The van der Waals surface area contributed by atoms with Crippen LogP contribution in [-0.2, 0) is 6.54 Å². The van der Waals surface area contributed by atoms with Gasteiger partial charge in [0, 0.05) is 17.7 Å². The van der Waals surface area contributed by atoms with E-state index < -0.39 is 0 Å². The predicted octanol–water partition coefficient (Wildman–Crippen LogP) is 4.80. The van der Waals surface area contributed by atoms with Crippen molar-refractivity contribution in [3.63, 3.8) is 0 Å². The maximum absolute atomic E-state index is 11.0. The second-order valence-electron chi connectivity index (χ2n) is 7.26. The maximum atomic E-state index is 11.0. The van der Waals surface area contributed by atoms with Crippen LogP contribution in [-0.4, -0.2) is 39.4 Å². The van der Waals surface area contributed by atoms with Crippen LogP contribution in [0.1, 0.15) is 25.7 Å². The molecule has 2 heterocycles. The van der Waals surface area contributed by atoms with Crippen LogP contribution in [0.3, 0.4) is 0 Å². The highest BCUT2D eigenvalue weighted by molar-refractivity contribution is 5.77. The molecule has 0 radical (unpaired) electrons. The number of nitrogens with zero attached hydrogens (tertiary/aromatic N) is 3. The van der Waals surface area contributed by atoms with E-state index in [1.807, 2.05) is 65.3 Å². The summed E-state index contributed by atoms with van der Waals surface area (Å²) in [5, 5.41) is 15.8. The molecule has 1 N–H and O–H groups in total.